The Labute approximate surface area is 107 Å². The van der Waals surface area contributed by atoms with Gasteiger partial charge in [0.15, 0.2) is 0 Å². The Kier molecular flexibility index (Phi) is 5.74. The van der Waals surface area contributed by atoms with E-state index >= 15 is 0 Å². The molecule has 0 N–H and O–H groups in total. The third kappa shape index (κ3) is 4.93. The molecule has 0 aliphatic rings. The van der Waals surface area contributed by atoms with Crippen molar-refractivity contribution in [3.63, 3.8) is 0 Å². The minimum atomic E-state index is 0.681. The van der Waals surface area contributed by atoms with Crippen LogP contribution in [0, 0.1) is 17.8 Å². The quantitative estimate of drug-likeness (QED) is 0.607. The highest BCUT2D eigenvalue weighted by Gasteiger charge is 2.20. The fourth-order valence-corrected chi connectivity index (χ4v) is 2.74. The van der Waals surface area contributed by atoms with Crippen LogP contribution in [0.15, 0.2) is 30.3 Å². The third-order valence-electron chi connectivity index (χ3n) is 3.58. The van der Waals surface area contributed by atoms with Gasteiger partial charge in [-0.3, -0.25) is 0 Å². The molecule has 96 valence electrons. The van der Waals surface area contributed by atoms with E-state index in [1.54, 1.807) is 0 Å². The van der Waals surface area contributed by atoms with Crippen molar-refractivity contribution in [2.75, 3.05) is 0 Å². The summed E-state index contributed by atoms with van der Waals surface area (Å²) in [6.07, 6.45) is 2.68. The normalized spacial score (nSPS) is 13.6. The smallest absolute Gasteiger partial charge is 0.0162 e. The molecule has 1 unspecified atom stereocenters. The van der Waals surface area contributed by atoms with Crippen molar-refractivity contribution in [1.29, 1.82) is 0 Å². The Balaban J connectivity index is 2.75. The van der Waals surface area contributed by atoms with E-state index in [1.807, 2.05) is 0 Å². The van der Waals surface area contributed by atoms with Crippen LogP contribution in [0.5, 0.6) is 0 Å². The minimum Gasteiger partial charge on any atom is -0.0628 e. The third-order valence-corrected chi connectivity index (χ3v) is 3.58. The molecular weight excluding hydrogens is 204 g/mol. The molecule has 0 aromatic heterocycles. The van der Waals surface area contributed by atoms with Crippen LogP contribution in [0.2, 0.25) is 0 Å². The maximum absolute atomic E-state index is 2.39. The van der Waals surface area contributed by atoms with E-state index in [4.69, 9.17) is 0 Å². The molecule has 0 radical (unpaired) electrons. The standard InChI is InChI=1S/C17H28/c1-13(2)11-17(12-14(3)4)15(5)16-9-7-6-8-10-16/h6-10,13-15,17H,11-12H2,1-5H3. The van der Waals surface area contributed by atoms with Crippen LogP contribution in [-0.2, 0) is 0 Å². The Bertz CT molecular complexity index is 287. The van der Waals surface area contributed by atoms with E-state index in [0.29, 0.717) is 5.92 Å². The molecule has 0 saturated carbocycles. The van der Waals surface area contributed by atoms with Crippen LogP contribution in [0.25, 0.3) is 0 Å². The number of hydrogen-bond acceptors (Lipinski definition) is 0. The van der Waals surface area contributed by atoms with E-state index in [2.05, 4.69) is 65.0 Å². The van der Waals surface area contributed by atoms with Crippen molar-refractivity contribution >= 4 is 0 Å². The van der Waals surface area contributed by atoms with Crippen LogP contribution >= 0.6 is 0 Å². The highest BCUT2D eigenvalue weighted by atomic mass is 14.3. The largest absolute Gasteiger partial charge is 0.0628 e. The zero-order valence-electron chi connectivity index (χ0n) is 12.1. The van der Waals surface area contributed by atoms with Crippen molar-refractivity contribution in [1.82, 2.24) is 0 Å². The summed E-state index contributed by atoms with van der Waals surface area (Å²) in [6, 6.07) is 11.0. The Morgan fingerprint density at radius 2 is 1.24 bits per heavy atom. The lowest BCUT2D eigenvalue weighted by Crippen LogP contribution is -2.15. The summed E-state index contributed by atoms with van der Waals surface area (Å²) in [5, 5.41) is 0. The summed E-state index contributed by atoms with van der Waals surface area (Å²) in [7, 11) is 0. The highest BCUT2D eigenvalue weighted by Crippen LogP contribution is 2.33. The molecule has 1 aromatic rings. The predicted molar refractivity (Wildman–Crippen MR) is 77.3 cm³/mol. The second-order valence-electron chi connectivity index (χ2n) is 6.22. The molecule has 0 saturated heterocycles. The summed E-state index contributed by atoms with van der Waals surface area (Å²) < 4.78 is 0. The molecule has 0 amide bonds. The van der Waals surface area contributed by atoms with E-state index in [9.17, 15) is 0 Å². The molecule has 0 nitrogen and oxygen atoms in total. The molecule has 0 aliphatic carbocycles. The van der Waals surface area contributed by atoms with Crippen LogP contribution < -0.4 is 0 Å². The van der Waals surface area contributed by atoms with Gasteiger partial charge in [-0.15, -0.1) is 0 Å². The summed E-state index contributed by atoms with van der Waals surface area (Å²) in [5.41, 5.74) is 1.50. The number of benzene rings is 1. The molecule has 0 heterocycles. The van der Waals surface area contributed by atoms with Crippen LogP contribution in [0.1, 0.15) is 58.9 Å². The topological polar surface area (TPSA) is 0 Å². The van der Waals surface area contributed by atoms with Gasteiger partial charge in [0.25, 0.3) is 0 Å². The zero-order valence-corrected chi connectivity index (χ0v) is 12.1. The summed E-state index contributed by atoms with van der Waals surface area (Å²) >= 11 is 0. The first-order valence-electron chi connectivity index (χ1n) is 7.05. The molecule has 0 heteroatoms. The van der Waals surface area contributed by atoms with Gasteiger partial charge < -0.3 is 0 Å². The number of rotatable bonds is 6. The maximum Gasteiger partial charge on any atom is -0.0162 e. The van der Waals surface area contributed by atoms with Gasteiger partial charge in [-0.05, 0) is 42.1 Å². The van der Waals surface area contributed by atoms with Crippen molar-refractivity contribution in [2.45, 2.75) is 53.4 Å². The van der Waals surface area contributed by atoms with Gasteiger partial charge in [0.1, 0.15) is 0 Å². The summed E-state index contributed by atoms with van der Waals surface area (Å²) in [6.45, 7) is 11.7. The Hall–Kier alpha value is -0.780. The number of hydrogen-bond donors (Lipinski definition) is 0. The average molecular weight is 232 g/mol. The molecule has 1 rings (SSSR count). The first-order valence-corrected chi connectivity index (χ1v) is 7.05. The molecular formula is C17H28. The molecule has 17 heavy (non-hydrogen) atoms. The molecule has 0 aliphatic heterocycles. The van der Waals surface area contributed by atoms with E-state index in [-0.39, 0.29) is 0 Å². The van der Waals surface area contributed by atoms with Gasteiger partial charge in [-0.25, -0.2) is 0 Å². The first-order chi connectivity index (χ1) is 8.00. The Morgan fingerprint density at radius 3 is 1.65 bits per heavy atom. The van der Waals surface area contributed by atoms with Crippen molar-refractivity contribution < 1.29 is 0 Å². The highest BCUT2D eigenvalue weighted by molar-refractivity contribution is 5.19. The molecule has 1 aromatic carbocycles. The minimum absolute atomic E-state index is 0.681. The summed E-state index contributed by atoms with van der Waals surface area (Å²) in [5.74, 6) is 3.09. The van der Waals surface area contributed by atoms with Crippen LogP contribution in [0.4, 0.5) is 0 Å². The van der Waals surface area contributed by atoms with Gasteiger partial charge in [0.05, 0.1) is 0 Å². The molecule has 1 atom stereocenters. The summed E-state index contributed by atoms with van der Waals surface area (Å²) in [4.78, 5) is 0. The molecule has 0 bridgehead atoms. The molecule has 0 fully saturated rings. The van der Waals surface area contributed by atoms with Gasteiger partial charge in [-0.1, -0.05) is 65.0 Å². The maximum atomic E-state index is 2.39. The van der Waals surface area contributed by atoms with E-state index < -0.39 is 0 Å². The van der Waals surface area contributed by atoms with E-state index in [1.165, 1.54) is 18.4 Å². The van der Waals surface area contributed by atoms with Gasteiger partial charge >= 0.3 is 0 Å². The van der Waals surface area contributed by atoms with Crippen molar-refractivity contribution in [3.8, 4) is 0 Å². The lowest BCUT2D eigenvalue weighted by atomic mass is 9.78. The second kappa shape index (κ2) is 6.83. The fraction of sp³-hybridized carbons (Fsp3) is 0.647. The van der Waals surface area contributed by atoms with Crippen molar-refractivity contribution in [2.24, 2.45) is 17.8 Å². The van der Waals surface area contributed by atoms with Crippen molar-refractivity contribution in [3.05, 3.63) is 35.9 Å². The van der Waals surface area contributed by atoms with Crippen LogP contribution in [0.3, 0.4) is 0 Å². The average Bonchev–Trinajstić information content (AvgIpc) is 2.27. The lowest BCUT2D eigenvalue weighted by Gasteiger charge is -2.27. The lowest BCUT2D eigenvalue weighted by molar-refractivity contribution is 0.303. The monoisotopic (exact) mass is 232 g/mol. The first kappa shape index (κ1) is 14.3. The van der Waals surface area contributed by atoms with Gasteiger partial charge in [0.2, 0.25) is 0 Å². The molecule has 0 spiro atoms. The Morgan fingerprint density at radius 1 is 0.765 bits per heavy atom. The zero-order chi connectivity index (χ0) is 12.8. The predicted octanol–water partition coefficient (Wildman–Crippen LogP) is 5.50. The van der Waals surface area contributed by atoms with Crippen LogP contribution in [-0.4, -0.2) is 0 Å². The van der Waals surface area contributed by atoms with Gasteiger partial charge in [0, 0.05) is 0 Å². The second-order valence-corrected chi connectivity index (χ2v) is 6.22. The SMILES string of the molecule is CC(C)CC(CC(C)C)C(C)c1ccccc1. The fourth-order valence-electron chi connectivity index (χ4n) is 2.74. The van der Waals surface area contributed by atoms with Gasteiger partial charge in [-0.2, -0.15) is 0 Å². The van der Waals surface area contributed by atoms with E-state index in [0.717, 1.165) is 17.8 Å².